The minimum atomic E-state index is -0.512. The number of benzene rings is 1. The highest BCUT2D eigenvalue weighted by Gasteiger charge is 2.22. The molecule has 1 aromatic carbocycles. The molecule has 0 bridgehead atoms. The SMILES string of the molecule is CCOC(=O)c1[nH]c(C)c2[nH]c3cccc(=O)c3c2c1OC. The summed E-state index contributed by atoms with van der Waals surface area (Å²) in [6.07, 6.45) is 0. The van der Waals surface area contributed by atoms with Crippen LogP contribution in [-0.2, 0) is 4.74 Å². The molecule has 6 nitrogen and oxygen atoms in total. The number of hydrogen-bond acceptors (Lipinski definition) is 4. The number of aryl methyl sites for hydroxylation is 1. The summed E-state index contributed by atoms with van der Waals surface area (Å²) >= 11 is 0. The number of H-pyrrole nitrogens is 2. The van der Waals surface area contributed by atoms with Gasteiger partial charge in [0.05, 0.1) is 35.5 Å². The average Bonchev–Trinajstić information content (AvgIpc) is 2.89. The van der Waals surface area contributed by atoms with Crippen molar-refractivity contribution in [3.05, 3.63) is 39.8 Å². The highest BCUT2D eigenvalue weighted by Crippen LogP contribution is 2.35. The van der Waals surface area contributed by atoms with Crippen molar-refractivity contribution in [3.63, 3.8) is 0 Å². The van der Waals surface area contributed by atoms with Gasteiger partial charge in [0, 0.05) is 5.69 Å². The molecule has 0 atom stereocenters. The third kappa shape index (κ3) is 1.95. The second kappa shape index (κ2) is 5.22. The zero-order chi connectivity index (χ0) is 15.9. The van der Waals surface area contributed by atoms with Crippen LogP contribution in [-0.4, -0.2) is 29.7 Å². The van der Waals surface area contributed by atoms with Crippen LogP contribution < -0.4 is 10.2 Å². The Kier molecular flexibility index (Phi) is 3.36. The van der Waals surface area contributed by atoms with Crippen molar-refractivity contribution in [1.29, 1.82) is 0 Å². The van der Waals surface area contributed by atoms with E-state index < -0.39 is 5.97 Å². The van der Waals surface area contributed by atoms with Crippen LogP contribution >= 0.6 is 0 Å². The number of methoxy groups -OCH3 is 1. The summed E-state index contributed by atoms with van der Waals surface area (Å²) in [5, 5.41) is 1.11. The minimum Gasteiger partial charge on any atom is -0.494 e. The summed E-state index contributed by atoms with van der Waals surface area (Å²) in [6.45, 7) is 3.81. The van der Waals surface area contributed by atoms with Gasteiger partial charge in [-0.05, 0) is 26.0 Å². The third-order valence-electron chi connectivity index (χ3n) is 3.61. The van der Waals surface area contributed by atoms with Crippen LogP contribution in [0.1, 0.15) is 23.1 Å². The lowest BCUT2D eigenvalue weighted by atomic mass is 10.1. The number of carbonyl (C=O) groups is 1. The Hall–Kier alpha value is -2.76. The summed E-state index contributed by atoms with van der Waals surface area (Å²) in [5.41, 5.74) is 2.26. The summed E-state index contributed by atoms with van der Waals surface area (Å²) < 4.78 is 10.5. The molecule has 0 spiro atoms. The maximum Gasteiger partial charge on any atom is 0.358 e. The van der Waals surface area contributed by atoms with Crippen molar-refractivity contribution in [3.8, 4) is 5.75 Å². The van der Waals surface area contributed by atoms with E-state index in [0.29, 0.717) is 22.0 Å². The molecule has 2 N–H and O–H groups in total. The van der Waals surface area contributed by atoms with E-state index in [1.54, 1.807) is 13.0 Å². The molecular formula is C16H16N2O4. The Bertz CT molecular complexity index is 937. The number of esters is 1. The third-order valence-corrected chi connectivity index (χ3v) is 3.61. The molecule has 2 aromatic heterocycles. The molecule has 0 fully saturated rings. The Balaban J connectivity index is 2.49. The van der Waals surface area contributed by atoms with Gasteiger partial charge >= 0.3 is 5.97 Å². The number of pyridine rings is 1. The van der Waals surface area contributed by atoms with Gasteiger partial charge in [-0.1, -0.05) is 6.07 Å². The molecule has 22 heavy (non-hydrogen) atoms. The highest BCUT2D eigenvalue weighted by atomic mass is 16.5. The van der Waals surface area contributed by atoms with Gasteiger partial charge in [-0.25, -0.2) is 4.79 Å². The second-order valence-corrected chi connectivity index (χ2v) is 4.93. The van der Waals surface area contributed by atoms with E-state index in [1.165, 1.54) is 13.2 Å². The highest BCUT2D eigenvalue weighted by molar-refractivity contribution is 6.13. The van der Waals surface area contributed by atoms with Crippen molar-refractivity contribution in [2.75, 3.05) is 13.7 Å². The van der Waals surface area contributed by atoms with Crippen LogP contribution in [0.5, 0.6) is 5.75 Å². The second-order valence-electron chi connectivity index (χ2n) is 4.93. The average molecular weight is 300 g/mol. The van der Waals surface area contributed by atoms with Crippen molar-refractivity contribution < 1.29 is 14.3 Å². The number of fused-ring (bicyclic) bond motifs is 3. The van der Waals surface area contributed by atoms with E-state index >= 15 is 0 Å². The standard InChI is InChI=1S/C16H16N2O4/c1-4-22-16(20)14-15(21-3)12-11-9(6-5-7-10(11)19)18-13(12)8(2)17-14/h5-7,17-18H,4H2,1-3H3. The van der Waals surface area contributed by atoms with Gasteiger partial charge in [0.2, 0.25) is 0 Å². The normalized spacial score (nSPS) is 11.0. The molecule has 0 aliphatic rings. The van der Waals surface area contributed by atoms with E-state index in [1.807, 2.05) is 13.0 Å². The summed E-state index contributed by atoms with van der Waals surface area (Å²) in [5.74, 6) is -0.198. The number of ether oxygens (including phenoxy) is 2. The first-order valence-corrected chi connectivity index (χ1v) is 6.96. The zero-order valence-electron chi connectivity index (χ0n) is 12.6. The van der Waals surface area contributed by atoms with Crippen molar-refractivity contribution >= 4 is 27.8 Å². The van der Waals surface area contributed by atoms with Gasteiger partial charge in [0.1, 0.15) is 0 Å². The molecule has 0 aliphatic carbocycles. The Morgan fingerprint density at radius 3 is 2.68 bits per heavy atom. The number of carbonyl (C=O) groups excluding carboxylic acids is 1. The van der Waals surface area contributed by atoms with Crippen LogP contribution in [0, 0.1) is 6.92 Å². The number of aromatic nitrogens is 2. The van der Waals surface area contributed by atoms with E-state index in [9.17, 15) is 9.59 Å². The summed E-state index contributed by atoms with van der Waals surface area (Å²) in [7, 11) is 1.47. The molecule has 2 heterocycles. The number of rotatable bonds is 3. The number of aromatic amines is 2. The van der Waals surface area contributed by atoms with Gasteiger partial charge < -0.3 is 19.4 Å². The first-order chi connectivity index (χ1) is 10.6. The topological polar surface area (TPSA) is 84.2 Å². The van der Waals surface area contributed by atoms with E-state index in [4.69, 9.17) is 9.47 Å². The number of hydrogen-bond donors (Lipinski definition) is 2. The van der Waals surface area contributed by atoms with E-state index in [-0.39, 0.29) is 17.7 Å². The molecular weight excluding hydrogens is 284 g/mol. The van der Waals surface area contributed by atoms with Crippen molar-refractivity contribution in [1.82, 2.24) is 9.97 Å². The molecule has 0 saturated heterocycles. The lowest BCUT2D eigenvalue weighted by molar-refractivity contribution is 0.0515. The molecule has 0 saturated carbocycles. The lowest BCUT2D eigenvalue weighted by Crippen LogP contribution is -2.11. The summed E-state index contributed by atoms with van der Waals surface area (Å²) in [4.78, 5) is 30.6. The molecule has 3 rings (SSSR count). The molecule has 6 heteroatoms. The zero-order valence-corrected chi connectivity index (χ0v) is 12.6. The van der Waals surface area contributed by atoms with Crippen LogP contribution in [0.4, 0.5) is 0 Å². The van der Waals surface area contributed by atoms with Gasteiger partial charge in [0.25, 0.3) is 0 Å². The minimum absolute atomic E-state index is 0.123. The van der Waals surface area contributed by atoms with Crippen LogP contribution in [0.2, 0.25) is 0 Å². The molecule has 0 aliphatic heterocycles. The van der Waals surface area contributed by atoms with Crippen LogP contribution in [0.15, 0.2) is 23.0 Å². The Labute approximate surface area is 126 Å². The largest absolute Gasteiger partial charge is 0.494 e. The molecule has 0 radical (unpaired) electrons. The van der Waals surface area contributed by atoms with Gasteiger partial charge in [-0.15, -0.1) is 0 Å². The van der Waals surface area contributed by atoms with Gasteiger partial charge in [0.15, 0.2) is 16.9 Å². The van der Waals surface area contributed by atoms with Crippen molar-refractivity contribution in [2.24, 2.45) is 0 Å². The monoisotopic (exact) mass is 300 g/mol. The van der Waals surface area contributed by atoms with Crippen LogP contribution in [0.3, 0.4) is 0 Å². The van der Waals surface area contributed by atoms with E-state index in [0.717, 1.165) is 11.2 Å². The first-order valence-electron chi connectivity index (χ1n) is 6.96. The smallest absolute Gasteiger partial charge is 0.358 e. The quantitative estimate of drug-likeness (QED) is 0.728. The van der Waals surface area contributed by atoms with E-state index in [2.05, 4.69) is 9.97 Å². The van der Waals surface area contributed by atoms with Gasteiger partial charge in [-0.2, -0.15) is 0 Å². The number of nitrogens with one attached hydrogen (secondary N) is 2. The van der Waals surface area contributed by atoms with Crippen molar-refractivity contribution in [2.45, 2.75) is 13.8 Å². The van der Waals surface area contributed by atoms with Crippen LogP contribution in [0.25, 0.3) is 21.8 Å². The molecule has 0 amide bonds. The fourth-order valence-corrected chi connectivity index (χ4v) is 2.71. The first kappa shape index (κ1) is 14.2. The van der Waals surface area contributed by atoms with Gasteiger partial charge in [-0.3, -0.25) is 4.79 Å². The lowest BCUT2D eigenvalue weighted by Gasteiger charge is -2.11. The molecule has 0 unspecified atom stereocenters. The fraction of sp³-hybridized carbons (Fsp3) is 0.250. The molecule has 3 aromatic rings. The molecule has 114 valence electrons. The fourth-order valence-electron chi connectivity index (χ4n) is 2.71. The summed E-state index contributed by atoms with van der Waals surface area (Å²) in [6, 6.07) is 5.00. The Morgan fingerprint density at radius 1 is 1.23 bits per heavy atom. The Morgan fingerprint density at radius 2 is 2.00 bits per heavy atom. The predicted octanol–water partition coefficient (Wildman–Crippen LogP) is 2.50. The predicted molar refractivity (Wildman–Crippen MR) is 83.7 cm³/mol. The maximum absolute atomic E-state index is 12.2. The maximum atomic E-state index is 12.2.